The summed E-state index contributed by atoms with van der Waals surface area (Å²) < 4.78 is 19.7. The number of benzene rings is 2. The second-order valence-electron chi connectivity index (χ2n) is 5.16. The van der Waals surface area contributed by atoms with Gasteiger partial charge in [0.05, 0.1) is 19.3 Å². The zero-order valence-corrected chi connectivity index (χ0v) is 14.6. The van der Waals surface area contributed by atoms with Crippen LogP contribution in [-0.4, -0.2) is 31.5 Å². The van der Waals surface area contributed by atoms with Gasteiger partial charge in [0.1, 0.15) is 11.6 Å². The number of carbonyl (C=O) groups excluding carboxylic acids is 1. The number of para-hydroxylation sites is 2. The molecular formula is C17H18BrFN2O2. The molecule has 1 amide bonds. The minimum absolute atomic E-state index is 0.143. The van der Waals surface area contributed by atoms with Crippen molar-refractivity contribution in [2.75, 3.05) is 26.0 Å². The normalized spacial score (nSPS) is 10.7. The Morgan fingerprint density at radius 3 is 2.78 bits per heavy atom. The van der Waals surface area contributed by atoms with E-state index in [1.165, 1.54) is 6.07 Å². The number of carbonyl (C=O) groups is 1. The van der Waals surface area contributed by atoms with Crippen molar-refractivity contribution < 1.29 is 13.9 Å². The summed E-state index contributed by atoms with van der Waals surface area (Å²) in [5, 5.41) is 2.80. The van der Waals surface area contributed by atoms with Crippen LogP contribution in [0.3, 0.4) is 0 Å². The highest BCUT2D eigenvalue weighted by Crippen LogP contribution is 2.23. The third-order valence-corrected chi connectivity index (χ3v) is 3.74. The Morgan fingerprint density at radius 1 is 1.30 bits per heavy atom. The first-order chi connectivity index (χ1) is 11.0. The molecule has 4 nitrogen and oxygen atoms in total. The number of amides is 1. The van der Waals surface area contributed by atoms with Crippen molar-refractivity contribution in [1.29, 1.82) is 0 Å². The van der Waals surface area contributed by atoms with Crippen LogP contribution < -0.4 is 10.1 Å². The molecule has 0 atom stereocenters. The number of hydrogen-bond donors (Lipinski definition) is 1. The first-order valence-corrected chi connectivity index (χ1v) is 7.84. The molecular weight excluding hydrogens is 363 g/mol. The lowest BCUT2D eigenvalue weighted by molar-refractivity contribution is -0.117. The third-order valence-electron chi connectivity index (χ3n) is 3.24. The van der Waals surface area contributed by atoms with Crippen LogP contribution in [0.4, 0.5) is 10.1 Å². The Morgan fingerprint density at radius 2 is 2.04 bits per heavy atom. The van der Waals surface area contributed by atoms with Crippen LogP contribution in [0.5, 0.6) is 5.75 Å². The predicted octanol–water partition coefficient (Wildman–Crippen LogP) is 3.67. The van der Waals surface area contributed by atoms with E-state index in [0.29, 0.717) is 23.5 Å². The first-order valence-electron chi connectivity index (χ1n) is 7.05. The van der Waals surface area contributed by atoms with Crippen LogP contribution in [0.2, 0.25) is 0 Å². The SMILES string of the molecule is COc1ccccc1NC(=O)CN(C)Cc1cc(Br)ccc1F. The predicted molar refractivity (Wildman–Crippen MR) is 92.1 cm³/mol. The summed E-state index contributed by atoms with van der Waals surface area (Å²) in [4.78, 5) is 13.9. The summed E-state index contributed by atoms with van der Waals surface area (Å²) in [5.74, 6) is 0.124. The van der Waals surface area contributed by atoms with Crippen LogP contribution in [0.15, 0.2) is 46.9 Å². The number of hydrogen-bond acceptors (Lipinski definition) is 3. The Labute approximate surface area is 143 Å². The van der Waals surface area contributed by atoms with Gasteiger partial charge in [-0.2, -0.15) is 0 Å². The summed E-state index contributed by atoms with van der Waals surface area (Å²) in [6, 6.07) is 12.0. The molecule has 0 saturated heterocycles. The fourth-order valence-electron chi connectivity index (χ4n) is 2.19. The molecule has 0 aliphatic heterocycles. The van der Waals surface area contributed by atoms with Gasteiger partial charge >= 0.3 is 0 Å². The van der Waals surface area contributed by atoms with E-state index in [1.807, 2.05) is 12.1 Å². The van der Waals surface area contributed by atoms with Gasteiger partial charge in [0.2, 0.25) is 5.91 Å². The molecule has 0 bridgehead atoms. The Bertz CT molecular complexity index is 694. The Kier molecular flexibility index (Phi) is 6.12. The van der Waals surface area contributed by atoms with E-state index in [4.69, 9.17) is 4.74 Å². The molecule has 0 fully saturated rings. The van der Waals surface area contributed by atoms with E-state index < -0.39 is 0 Å². The lowest BCUT2D eigenvalue weighted by Gasteiger charge is -2.17. The molecule has 2 aromatic rings. The van der Waals surface area contributed by atoms with Gasteiger partial charge in [-0.1, -0.05) is 28.1 Å². The lowest BCUT2D eigenvalue weighted by atomic mass is 10.2. The summed E-state index contributed by atoms with van der Waals surface area (Å²) >= 11 is 3.32. The second-order valence-corrected chi connectivity index (χ2v) is 6.07. The first kappa shape index (κ1) is 17.4. The minimum atomic E-state index is -0.287. The average Bonchev–Trinajstić information content (AvgIpc) is 2.51. The summed E-state index contributed by atoms with van der Waals surface area (Å²) in [6.45, 7) is 0.481. The van der Waals surface area contributed by atoms with Gasteiger partial charge in [0.15, 0.2) is 0 Å². The summed E-state index contributed by atoms with van der Waals surface area (Å²) in [6.07, 6.45) is 0. The fraction of sp³-hybridized carbons (Fsp3) is 0.235. The Balaban J connectivity index is 1.96. The number of rotatable bonds is 6. The molecule has 0 aromatic heterocycles. The van der Waals surface area contributed by atoms with Crippen molar-refractivity contribution in [2.24, 2.45) is 0 Å². The maximum absolute atomic E-state index is 13.7. The smallest absolute Gasteiger partial charge is 0.238 e. The molecule has 122 valence electrons. The van der Waals surface area contributed by atoms with Crippen molar-refractivity contribution in [3.8, 4) is 5.75 Å². The van der Waals surface area contributed by atoms with Crippen LogP contribution in [-0.2, 0) is 11.3 Å². The molecule has 2 rings (SSSR count). The van der Waals surface area contributed by atoms with E-state index >= 15 is 0 Å². The molecule has 0 aliphatic rings. The van der Waals surface area contributed by atoms with Crippen LogP contribution in [0.1, 0.15) is 5.56 Å². The van der Waals surface area contributed by atoms with Crippen LogP contribution in [0, 0.1) is 5.82 Å². The van der Waals surface area contributed by atoms with Gasteiger partial charge in [0, 0.05) is 16.6 Å². The lowest BCUT2D eigenvalue weighted by Crippen LogP contribution is -2.30. The maximum atomic E-state index is 13.7. The van der Waals surface area contributed by atoms with Gasteiger partial charge in [-0.05, 0) is 37.4 Å². The second kappa shape index (κ2) is 8.08. The summed E-state index contributed by atoms with van der Waals surface area (Å²) in [5.41, 5.74) is 1.15. The number of nitrogens with zero attached hydrogens (tertiary/aromatic N) is 1. The molecule has 0 saturated carbocycles. The van der Waals surface area contributed by atoms with E-state index in [2.05, 4.69) is 21.2 Å². The van der Waals surface area contributed by atoms with Crippen molar-refractivity contribution in [3.63, 3.8) is 0 Å². The third kappa shape index (κ3) is 5.04. The molecule has 2 aromatic carbocycles. The van der Waals surface area contributed by atoms with Crippen molar-refractivity contribution in [2.45, 2.75) is 6.54 Å². The molecule has 0 radical (unpaired) electrons. The molecule has 0 unspecified atom stereocenters. The molecule has 0 spiro atoms. The van der Waals surface area contributed by atoms with Gasteiger partial charge in [-0.25, -0.2) is 4.39 Å². The largest absolute Gasteiger partial charge is 0.495 e. The number of likely N-dealkylation sites (N-methyl/N-ethyl adjacent to an activating group) is 1. The average molecular weight is 381 g/mol. The maximum Gasteiger partial charge on any atom is 0.238 e. The monoisotopic (exact) mass is 380 g/mol. The van der Waals surface area contributed by atoms with Gasteiger partial charge in [-0.15, -0.1) is 0 Å². The standard InChI is InChI=1S/C17H18BrFN2O2/c1-21(10-12-9-13(18)7-8-14(12)19)11-17(22)20-15-5-3-4-6-16(15)23-2/h3-9H,10-11H2,1-2H3,(H,20,22). The van der Waals surface area contributed by atoms with Crippen molar-refractivity contribution in [1.82, 2.24) is 4.90 Å². The highest BCUT2D eigenvalue weighted by atomic mass is 79.9. The Hall–Kier alpha value is -1.92. The zero-order chi connectivity index (χ0) is 16.8. The number of nitrogens with one attached hydrogen (secondary N) is 1. The van der Waals surface area contributed by atoms with Crippen LogP contribution >= 0.6 is 15.9 Å². The van der Waals surface area contributed by atoms with E-state index in [9.17, 15) is 9.18 Å². The minimum Gasteiger partial charge on any atom is -0.495 e. The number of ether oxygens (including phenoxy) is 1. The van der Waals surface area contributed by atoms with Gasteiger partial charge < -0.3 is 10.1 Å². The number of halogens is 2. The van der Waals surface area contributed by atoms with Crippen LogP contribution in [0.25, 0.3) is 0 Å². The number of methoxy groups -OCH3 is 1. The van der Waals surface area contributed by atoms with Gasteiger partial charge in [0.25, 0.3) is 0 Å². The van der Waals surface area contributed by atoms with Crippen molar-refractivity contribution in [3.05, 3.63) is 58.3 Å². The molecule has 23 heavy (non-hydrogen) atoms. The van der Waals surface area contributed by atoms with E-state index in [0.717, 1.165) is 4.47 Å². The molecule has 0 aliphatic carbocycles. The van der Waals surface area contributed by atoms with Crippen molar-refractivity contribution >= 4 is 27.5 Å². The molecule has 1 N–H and O–H groups in total. The molecule has 0 heterocycles. The van der Waals surface area contributed by atoms with E-state index in [-0.39, 0.29) is 18.3 Å². The van der Waals surface area contributed by atoms with E-state index in [1.54, 1.807) is 43.3 Å². The highest BCUT2D eigenvalue weighted by molar-refractivity contribution is 9.10. The van der Waals surface area contributed by atoms with Gasteiger partial charge in [-0.3, -0.25) is 9.69 Å². The summed E-state index contributed by atoms with van der Waals surface area (Å²) in [7, 11) is 3.31. The molecule has 6 heteroatoms. The highest BCUT2D eigenvalue weighted by Gasteiger charge is 2.12. The zero-order valence-electron chi connectivity index (χ0n) is 13.0. The fourth-order valence-corrected chi connectivity index (χ4v) is 2.60. The number of anilines is 1. The quantitative estimate of drug-likeness (QED) is 0.831. The topological polar surface area (TPSA) is 41.6 Å².